The van der Waals surface area contributed by atoms with Gasteiger partial charge in [-0.3, -0.25) is 4.68 Å². The highest BCUT2D eigenvalue weighted by atomic mass is 19.1. The van der Waals surface area contributed by atoms with Crippen molar-refractivity contribution >= 4 is 5.82 Å². The Hall–Kier alpha value is -1.91. The molecular weight excluding hydrogens is 195 g/mol. The van der Waals surface area contributed by atoms with Crippen molar-refractivity contribution in [2.45, 2.75) is 6.54 Å². The van der Waals surface area contributed by atoms with E-state index in [0.29, 0.717) is 12.4 Å². The van der Waals surface area contributed by atoms with Crippen LogP contribution in [0.15, 0.2) is 30.5 Å². The molecule has 2 aromatic rings. The summed E-state index contributed by atoms with van der Waals surface area (Å²) < 4.78 is 14.5. The standard InChI is InChI=1S/C10H11FN4/c1-15-8(5-6-13-15)7-12-10-4-2-3-9(11)14-10/h2-6H,7H2,1H3,(H,12,14). The van der Waals surface area contributed by atoms with E-state index in [9.17, 15) is 4.39 Å². The maximum atomic E-state index is 12.7. The zero-order chi connectivity index (χ0) is 10.7. The number of halogens is 1. The lowest BCUT2D eigenvalue weighted by molar-refractivity contribution is 0.585. The maximum absolute atomic E-state index is 12.7. The van der Waals surface area contributed by atoms with E-state index in [2.05, 4.69) is 15.4 Å². The van der Waals surface area contributed by atoms with Gasteiger partial charge >= 0.3 is 0 Å². The number of nitrogens with one attached hydrogen (secondary N) is 1. The van der Waals surface area contributed by atoms with E-state index in [-0.39, 0.29) is 0 Å². The van der Waals surface area contributed by atoms with E-state index < -0.39 is 5.95 Å². The number of hydrogen-bond acceptors (Lipinski definition) is 3. The monoisotopic (exact) mass is 206 g/mol. The van der Waals surface area contributed by atoms with Crippen LogP contribution in [0.2, 0.25) is 0 Å². The number of anilines is 1. The molecule has 0 saturated carbocycles. The molecule has 0 fully saturated rings. The predicted octanol–water partition coefficient (Wildman–Crippen LogP) is 1.57. The number of rotatable bonds is 3. The Kier molecular flexibility index (Phi) is 2.62. The summed E-state index contributed by atoms with van der Waals surface area (Å²) in [4.78, 5) is 3.69. The van der Waals surface area contributed by atoms with Crippen LogP contribution in [0.3, 0.4) is 0 Å². The molecule has 0 aliphatic heterocycles. The highest BCUT2D eigenvalue weighted by Gasteiger charge is 1.99. The van der Waals surface area contributed by atoms with E-state index in [4.69, 9.17) is 0 Å². The molecule has 0 unspecified atom stereocenters. The molecule has 78 valence electrons. The van der Waals surface area contributed by atoms with E-state index in [1.807, 2.05) is 13.1 Å². The Labute approximate surface area is 86.8 Å². The molecule has 0 atom stereocenters. The predicted molar refractivity (Wildman–Crippen MR) is 54.7 cm³/mol. The molecule has 15 heavy (non-hydrogen) atoms. The van der Waals surface area contributed by atoms with Crippen molar-refractivity contribution in [1.82, 2.24) is 14.8 Å². The minimum Gasteiger partial charge on any atom is -0.364 e. The molecule has 0 radical (unpaired) electrons. The average Bonchev–Trinajstić information content (AvgIpc) is 2.61. The van der Waals surface area contributed by atoms with Crippen molar-refractivity contribution in [1.29, 1.82) is 0 Å². The lowest BCUT2D eigenvalue weighted by Crippen LogP contribution is -2.06. The summed E-state index contributed by atoms with van der Waals surface area (Å²) in [6.07, 6.45) is 1.72. The minimum absolute atomic E-state index is 0.481. The summed E-state index contributed by atoms with van der Waals surface area (Å²) in [5.41, 5.74) is 1.01. The van der Waals surface area contributed by atoms with Crippen molar-refractivity contribution in [3.8, 4) is 0 Å². The second-order valence-corrected chi connectivity index (χ2v) is 3.15. The van der Waals surface area contributed by atoms with E-state index in [0.717, 1.165) is 5.69 Å². The highest BCUT2D eigenvalue weighted by molar-refractivity contribution is 5.34. The summed E-state index contributed by atoms with van der Waals surface area (Å²) in [6.45, 7) is 0.576. The van der Waals surface area contributed by atoms with Crippen LogP contribution in [0.4, 0.5) is 10.2 Å². The smallest absolute Gasteiger partial charge is 0.214 e. The molecule has 0 aromatic carbocycles. The molecule has 2 heterocycles. The summed E-state index contributed by atoms with van der Waals surface area (Å²) >= 11 is 0. The van der Waals surface area contributed by atoms with Gasteiger partial charge in [0, 0.05) is 13.2 Å². The van der Waals surface area contributed by atoms with Gasteiger partial charge in [-0.05, 0) is 18.2 Å². The number of hydrogen-bond donors (Lipinski definition) is 1. The van der Waals surface area contributed by atoms with Crippen molar-refractivity contribution in [3.05, 3.63) is 42.1 Å². The average molecular weight is 206 g/mol. The van der Waals surface area contributed by atoms with Crippen molar-refractivity contribution in [2.75, 3.05) is 5.32 Å². The SMILES string of the molecule is Cn1nccc1CNc1cccc(F)n1. The number of aromatic nitrogens is 3. The number of nitrogens with zero attached hydrogens (tertiary/aromatic N) is 3. The van der Waals surface area contributed by atoms with Gasteiger partial charge in [-0.2, -0.15) is 9.49 Å². The fraction of sp³-hybridized carbons (Fsp3) is 0.200. The van der Waals surface area contributed by atoms with Crippen LogP contribution in [-0.4, -0.2) is 14.8 Å². The molecule has 1 N–H and O–H groups in total. The summed E-state index contributed by atoms with van der Waals surface area (Å²) in [7, 11) is 1.86. The quantitative estimate of drug-likeness (QED) is 0.775. The van der Waals surface area contributed by atoms with Gasteiger partial charge in [-0.1, -0.05) is 6.07 Å². The molecule has 4 nitrogen and oxygen atoms in total. The topological polar surface area (TPSA) is 42.7 Å². The molecule has 0 amide bonds. The number of aryl methyl sites for hydroxylation is 1. The Morgan fingerprint density at radius 3 is 2.93 bits per heavy atom. The van der Waals surface area contributed by atoms with Crippen LogP contribution in [-0.2, 0) is 13.6 Å². The van der Waals surface area contributed by atoms with Gasteiger partial charge in [0.1, 0.15) is 5.82 Å². The van der Waals surface area contributed by atoms with E-state index in [1.54, 1.807) is 23.0 Å². The van der Waals surface area contributed by atoms with Crippen LogP contribution in [0.25, 0.3) is 0 Å². The molecule has 0 saturated heterocycles. The van der Waals surface area contributed by atoms with Gasteiger partial charge in [0.25, 0.3) is 0 Å². The van der Waals surface area contributed by atoms with E-state index >= 15 is 0 Å². The van der Waals surface area contributed by atoms with Gasteiger partial charge in [0.05, 0.1) is 12.2 Å². The molecule has 0 spiro atoms. The zero-order valence-corrected chi connectivity index (χ0v) is 8.31. The first kappa shape index (κ1) is 9.64. The second-order valence-electron chi connectivity index (χ2n) is 3.15. The Morgan fingerprint density at radius 1 is 1.40 bits per heavy atom. The molecule has 0 aliphatic carbocycles. The van der Waals surface area contributed by atoms with Crippen LogP contribution in [0, 0.1) is 5.95 Å². The maximum Gasteiger partial charge on any atom is 0.214 e. The normalized spacial score (nSPS) is 10.3. The van der Waals surface area contributed by atoms with Crippen molar-refractivity contribution < 1.29 is 4.39 Å². The number of pyridine rings is 1. The molecule has 2 aromatic heterocycles. The first-order valence-corrected chi connectivity index (χ1v) is 4.59. The third-order valence-corrected chi connectivity index (χ3v) is 2.09. The van der Waals surface area contributed by atoms with Gasteiger partial charge in [0.15, 0.2) is 0 Å². The Morgan fingerprint density at radius 2 is 2.27 bits per heavy atom. The van der Waals surface area contributed by atoms with Crippen LogP contribution >= 0.6 is 0 Å². The Balaban J connectivity index is 2.02. The van der Waals surface area contributed by atoms with Gasteiger partial charge in [0.2, 0.25) is 5.95 Å². The zero-order valence-electron chi connectivity index (χ0n) is 8.31. The fourth-order valence-corrected chi connectivity index (χ4v) is 1.26. The van der Waals surface area contributed by atoms with Crippen molar-refractivity contribution in [2.24, 2.45) is 7.05 Å². The lowest BCUT2D eigenvalue weighted by atomic mass is 10.4. The van der Waals surface area contributed by atoms with Crippen LogP contribution in [0.1, 0.15) is 5.69 Å². The minimum atomic E-state index is -0.481. The van der Waals surface area contributed by atoms with Crippen LogP contribution in [0.5, 0.6) is 0 Å². The van der Waals surface area contributed by atoms with Gasteiger partial charge in [-0.25, -0.2) is 4.98 Å². The third kappa shape index (κ3) is 2.31. The molecule has 2 rings (SSSR count). The largest absolute Gasteiger partial charge is 0.364 e. The fourth-order valence-electron chi connectivity index (χ4n) is 1.26. The molecule has 0 bridgehead atoms. The Bertz CT molecular complexity index is 452. The van der Waals surface area contributed by atoms with Gasteiger partial charge in [-0.15, -0.1) is 0 Å². The second kappa shape index (κ2) is 4.08. The molecule has 5 heteroatoms. The molecule has 0 aliphatic rings. The summed E-state index contributed by atoms with van der Waals surface area (Å²) in [6, 6.07) is 6.55. The summed E-state index contributed by atoms with van der Waals surface area (Å²) in [5.74, 6) is 0.0428. The van der Waals surface area contributed by atoms with Crippen molar-refractivity contribution in [3.63, 3.8) is 0 Å². The summed E-state index contributed by atoms with van der Waals surface area (Å²) in [5, 5.41) is 7.05. The lowest BCUT2D eigenvalue weighted by Gasteiger charge is -2.05. The molecular formula is C10H11FN4. The van der Waals surface area contributed by atoms with Gasteiger partial charge < -0.3 is 5.32 Å². The van der Waals surface area contributed by atoms with Crippen LogP contribution < -0.4 is 5.32 Å². The highest BCUT2D eigenvalue weighted by Crippen LogP contribution is 2.05. The first-order valence-electron chi connectivity index (χ1n) is 4.59. The first-order chi connectivity index (χ1) is 7.25. The van der Waals surface area contributed by atoms with E-state index in [1.165, 1.54) is 6.07 Å². The third-order valence-electron chi connectivity index (χ3n) is 2.09.